The molecule has 8 bridgehead atoms. The van der Waals surface area contributed by atoms with Crippen molar-refractivity contribution in [2.24, 2.45) is 46.0 Å². The van der Waals surface area contributed by atoms with E-state index in [2.05, 4.69) is 17.7 Å². The molecule has 0 aromatic heterocycles. The van der Waals surface area contributed by atoms with Gasteiger partial charge in [-0.25, -0.2) is 0 Å². The van der Waals surface area contributed by atoms with Gasteiger partial charge in [-0.05, 0) is 132 Å². The quantitative estimate of drug-likeness (QED) is 0.407. The fourth-order valence-corrected chi connectivity index (χ4v) is 9.60. The minimum Gasteiger partial charge on any atom is -0.356 e. The number of nitrogens with one attached hydrogen (secondary N) is 2. The third-order valence-corrected chi connectivity index (χ3v) is 9.74. The first kappa shape index (κ1) is 17.2. The molecule has 0 saturated heterocycles. The molecule has 4 heteroatoms. The molecule has 8 saturated carbocycles. The summed E-state index contributed by atoms with van der Waals surface area (Å²) in [6.07, 6.45) is 17.0. The van der Waals surface area contributed by atoms with Crippen molar-refractivity contribution in [2.45, 2.75) is 89.5 Å². The lowest BCUT2D eigenvalue weighted by Crippen LogP contribution is -2.61. The second-order valence-electron chi connectivity index (χ2n) is 11.7. The number of hydrazone groups is 1. The van der Waals surface area contributed by atoms with Crippen LogP contribution in [0.1, 0.15) is 84.0 Å². The van der Waals surface area contributed by atoms with Crippen LogP contribution in [-0.2, 0) is 0 Å². The number of hydrogen-bond acceptors (Lipinski definition) is 2. The van der Waals surface area contributed by atoms with E-state index in [1.807, 2.05) is 0 Å². The minimum absolute atomic E-state index is 0.281. The zero-order valence-electron chi connectivity index (χ0n) is 16.8. The molecule has 0 aliphatic heterocycles. The lowest BCUT2D eigenvalue weighted by Gasteiger charge is -2.57. The Kier molecular flexibility index (Phi) is 3.79. The van der Waals surface area contributed by atoms with Crippen LogP contribution in [-0.4, -0.2) is 16.4 Å². The average Bonchev–Trinajstić information content (AvgIpc) is 2.56. The highest BCUT2D eigenvalue weighted by atomic mass is 32.1. The van der Waals surface area contributed by atoms with Crippen molar-refractivity contribution in [3.8, 4) is 0 Å². The Morgan fingerprint density at radius 1 is 0.741 bits per heavy atom. The molecule has 8 rings (SSSR count). The average molecular weight is 386 g/mol. The van der Waals surface area contributed by atoms with Crippen molar-refractivity contribution in [2.75, 3.05) is 0 Å². The van der Waals surface area contributed by atoms with Gasteiger partial charge in [0.1, 0.15) is 0 Å². The summed E-state index contributed by atoms with van der Waals surface area (Å²) < 4.78 is 0. The Labute approximate surface area is 169 Å². The lowest BCUT2D eigenvalue weighted by molar-refractivity contribution is -0.0129. The maximum Gasteiger partial charge on any atom is 0.187 e. The van der Waals surface area contributed by atoms with Gasteiger partial charge in [0.15, 0.2) is 5.11 Å². The van der Waals surface area contributed by atoms with Crippen molar-refractivity contribution in [1.82, 2.24) is 10.7 Å². The first-order valence-electron chi connectivity index (χ1n) is 11.6. The fourth-order valence-electron chi connectivity index (χ4n) is 9.34. The molecule has 0 aromatic carbocycles. The predicted molar refractivity (Wildman–Crippen MR) is 113 cm³/mol. The number of thiocarbonyl (C=S) groups is 1. The maximum atomic E-state index is 5.72. The van der Waals surface area contributed by atoms with Crippen LogP contribution in [0.25, 0.3) is 0 Å². The summed E-state index contributed by atoms with van der Waals surface area (Å²) in [6, 6.07) is 0. The van der Waals surface area contributed by atoms with E-state index < -0.39 is 0 Å². The zero-order valence-corrected chi connectivity index (χ0v) is 17.6. The van der Waals surface area contributed by atoms with Gasteiger partial charge in [0.2, 0.25) is 0 Å². The van der Waals surface area contributed by atoms with E-state index >= 15 is 0 Å². The molecule has 0 aromatic rings. The Morgan fingerprint density at radius 2 is 1.15 bits per heavy atom. The highest BCUT2D eigenvalue weighted by Crippen LogP contribution is 2.60. The van der Waals surface area contributed by atoms with Gasteiger partial charge in [0.05, 0.1) is 0 Å². The van der Waals surface area contributed by atoms with Gasteiger partial charge >= 0.3 is 0 Å². The van der Waals surface area contributed by atoms with Gasteiger partial charge in [-0.15, -0.1) is 0 Å². The van der Waals surface area contributed by atoms with Gasteiger partial charge in [0.25, 0.3) is 0 Å². The maximum absolute atomic E-state index is 5.72. The molecule has 148 valence electrons. The van der Waals surface area contributed by atoms with Gasteiger partial charge in [-0.1, -0.05) is 0 Å². The van der Waals surface area contributed by atoms with E-state index in [1.54, 1.807) is 0 Å². The Morgan fingerprint density at radius 3 is 1.59 bits per heavy atom. The molecule has 8 aliphatic rings. The number of nitrogens with zero attached hydrogens (tertiary/aromatic N) is 1. The highest BCUT2D eigenvalue weighted by Gasteiger charge is 2.53. The SMILES string of the molecule is C/C(=N\NC(=S)NC12CC3CC(CC(C3)C1)C2)C12CC3CC(CC(C3)C1)C2. The molecule has 0 radical (unpaired) electrons. The largest absolute Gasteiger partial charge is 0.356 e. The van der Waals surface area contributed by atoms with Crippen LogP contribution in [0.15, 0.2) is 5.10 Å². The molecule has 0 heterocycles. The molecule has 0 amide bonds. The summed E-state index contributed by atoms with van der Waals surface area (Å²) >= 11 is 5.72. The van der Waals surface area contributed by atoms with Crippen LogP contribution in [0.5, 0.6) is 0 Å². The van der Waals surface area contributed by atoms with Crippen molar-refractivity contribution in [3.05, 3.63) is 0 Å². The minimum atomic E-state index is 0.281. The van der Waals surface area contributed by atoms with E-state index in [1.165, 1.54) is 82.8 Å². The van der Waals surface area contributed by atoms with Crippen molar-refractivity contribution < 1.29 is 0 Å². The summed E-state index contributed by atoms with van der Waals surface area (Å²) in [5.41, 5.74) is 5.29. The van der Waals surface area contributed by atoms with Crippen molar-refractivity contribution in [1.29, 1.82) is 0 Å². The summed E-state index contributed by atoms with van der Waals surface area (Å²) in [4.78, 5) is 0. The zero-order chi connectivity index (χ0) is 18.2. The highest BCUT2D eigenvalue weighted by molar-refractivity contribution is 7.80. The van der Waals surface area contributed by atoms with Crippen LogP contribution in [0.3, 0.4) is 0 Å². The topological polar surface area (TPSA) is 36.4 Å². The summed E-state index contributed by atoms with van der Waals surface area (Å²) in [5.74, 6) is 5.76. The fraction of sp³-hybridized carbons (Fsp3) is 0.913. The second kappa shape index (κ2) is 5.93. The Bertz CT molecular complexity index is 611. The van der Waals surface area contributed by atoms with Crippen molar-refractivity contribution in [3.63, 3.8) is 0 Å². The van der Waals surface area contributed by atoms with Gasteiger partial charge in [0, 0.05) is 16.7 Å². The summed E-state index contributed by atoms with van der Waals surface area (Å²) in [6.45, 7) is 2.27. The summed E-state index contributed by atoms with van der Waals surface area (Å²) in [5, 5.41) is 9.42. The third-order valence-electron chi connectivity index (χ3n) is 9.55. The van der Waals surface area contributed by atoms with E-state index in [9.17, 15) is 0 Å². The van der Waals surface area contributed by atoms with Crippen LogP contribution in [0.4, 0.5) is 0 Å². The second-order valence-corrected chi connectivity index (χ2v) is 12.1. The van der Waals surface area contributed by atoms with Gasteiger partial charge < -0.3 is 5.32 Å². The van der Waals surface area contributed by atoms with Gasteiger partial charge in [-0.3, -0.25) is 5.43 Å². The molecule has 0 atom stereocenters. The Hall–Kier alpha value is -0.640. The van der Waals surface area contributed by atoms with Gasteiger partial charge in [-0.2, -0.15) is 5.10 Å². The first-order valence-corrected chi connectivity index (χ1v) is 12.0. The normalized spacial score (nSPS) is 52.3. The summed E-state index contributed by atoms with van der Waals surface area (Å²) in [7, 11) is 0. The Balaban J connectivity index is 1.13. The van der Waals surface area contributed by atoms with Crippen LogP contribution < -0.4 is 10.7 Å². The molecular formula is C23H35N3S. The van der Waals surface area contributed by atoms with Crippen LogP contribution >= 0.6 is 12.2 Å². The molecule has 0 spiro atoms. The van der Waals surface area contributed by atoms with Crippen LogP contribution in [0.2, 0.25) is 0 Å². The predicted octanol–water partition coefficient (Wildman–Crippen LogP) is 5.01. The molecule has 8 fully saturated rings. The molecule has 2 N–H and O–H groups in total. The van der Waals surface area contributed by atoms with Crippen molar-refractivity contribution >= 4 is 23.0 Å². The smallest absolute Gasteiger partial charge is 0.187 e. The number of rotatable bonds is 3. The first-order chi connectivity index (χ1) is 13.0. The number of hydrogen-bond donors (Lipinski definition) is 2. The molecule has 27 heavy (non-hydrogen) atoms. The van der Waals surface area contributed by atoms with E-state index in [0.717, 1.165) is 40.6 Å². The van der Waals surface area contributed by atoms with E-state index in [4.69, 9.17) is 17.3 Å². The lowest BCUT2D eigenvalue weighted by atomic mass is 9.48. The van der Waals surface area contributed by atoms with E-state index in [0.29, 0.717) is 5.41 Å². The monoisotopic (exact) mass is 385 g/mol. The molecule has 0 unspecified atom stereocenters. The van der Waals surface area contributed by atoms with Crippen LogP contribution in [0, 0.1) is 40.9 Å². The van der Waals surface area contributed by atoms with E-state index in [-0.39, 0.29) is 5.54 Å². The third kappa shape index (κ3) is 2.88. The molecule has 3 nitrogen and oxygen atoms in total. The molecule has 8 aliphatic carbocycles. The molecular weight excluding hydrogens is 350 g/mol. The standard InChI is InChI=1S/C23H35N3S/c1-14(22-8-15-2-16(9-22)4-17(3-15)10-22)25-26-21(27)24-23-11-18-5-19(12-23)7-20(6-18)13-23/h15-20H,2-13H2,1H3,(H2,24,26,27)/b25-14+.